The lowest BCUT2D eigenvalue weighted by atomic mass is 10.1. The number of nitrogens with one attached hydrogen (secondary N) is 2. The molecule has 0 fully saturated rings. The summed E-state index contributed by atoms with van der Waals surface area (Å²) in [5, 5.41) is 5.22. The van der Waals surface area contributed by atoms with Gasteiger partial charge in [-0.1, -0.05) is 12.1 Å². The summed E-state index contributed by atoms with van der Waals surface area (Å²) >= 11 is 0. The van der Waals surface area contributed by atoms with Crippen molar-refractivity contribution < 1.29 is 23.8 Å². The molecule has 0 aliphatic carbocycles. The molecule has 0 bridgehead atoms. The molecule has 0 spiro atoms. The van der Waals surface area contributed by atoms with Gasteiger partial charge >= 0.3 is 0 Å². The lowest BCUT2D eigenvalue weighted by Crippen LogP contribution is -2.21. The Kier molecular flexibility index (Phi) is 6.22. The first-order valence-corrected chi connectivity index (χ1v) is 7.54. The minimum absolute atomic E-state index is 0.194. The van der Waals surface area contributed by atoms with Crippen LogP contribution in [-0.4, -0.2) is 39.7 Å². The molecule has 0 atom stereocenters. The van der Waals surface area contributed by atoms with Crippen LogP contribution >= 0.6 is 0 Å². The average molecular weight is 344 g/mol. The molecule has 0 saturated carbocycles. The molecule has 2 amide bonds. The molecule has 25 heavy (non-hydrogen) atoms. The minimum atomic E-state index is -0.364. The summed E-state index contributed by atoms with van der Waals surface area (Å²) in [5.41, 5.74) is 0.881. The van der Waals surface area contributed by atoms with Gasteiger partial charge in [-0.3, -0.25) is 9.59 Å². The van der Waals surface area contributed by atoms with Crippen molar-refractivity contribution in [3.05, 3.63) is 48.0 Å². The zero-order valence-corrected chi connectivity index (χ0v) is 14.3. The zero-order chi connectivity index (χ0) is 18.2. The first-order valence-electron chi connectivity index (χ1n) is 7.54. The SMILES string of the molecule is CNC(=O)c1ccc(NC(=O)COc2ccccc2OC)c(OC)c1. The molecule has 7 nitrogen and oxygen atoms in total. The second-order valence-corrected chi connectivity index (χ2v) is 4.98. The number of ether oxygens (including phenoxy) is 3. The highest BCUT2D eigenvalue weighted by Gasteiger charge is 2.12. The minimum Gasteiger partial charge on any atom is -0.495 e. The van der Waals surface area contributed by atoms with E-state index in [1.54, 1.807) is 43.4 Å². The van der Waals surface area contributed by atoms with Crippen LogP contribution in [0.5, 0.6) is 17.2 Å². The van der Waals surface area contributed by atoms with E-state index in [2.05, 4.69) is 10.6 Å². The number of carbonyl (C=O) groups is 2. The lowest BCUT2D eigenvalue weighted by Gasteiger charge is -2.13. The van der Waals surface area contributed by atoms with Crippen molar-refractivity contribution in [2.45, 2.75) is 0 Å². The van der Waals surface area contributed by atoms with Gasteiger partial charge in [0.1, 0.15) is 5.75 Å². The molecule has 2 rings (SSSR count). The smallest absolute Gasteiger partial charge is 0.262 e. The molecule has 7 heteroatoms. The molecule has 0 aromatic heterocycles. The fourth-order valence-electron chi connectivity index (χ4n) is 2.15. The van der Waals surface area contributed by atoms with Gasteiger partial charge < -0.3 is 24.8 Å². The number of amides is 2. The number of hydrogen-bond acceptors (Lipinski definition) is 5. The number of carbonyl (C=O) groups excluding carboxylic acids is 2. The highest BCUT2D eigenvalue weighted by molar-refractivity contribution is 5.97. The first-order chi connectivity index (χ1) is 12.1. The summed E-state index contributed by atoms with van der Waals surface area (Å²) in [6, 6.07) is 11.8. The number of anilines is 1. The highest BCUT2D eigenvalue weighted by atomic mass is 16.5. The van der Waals surface area contributed by atoms with Crippen molar-refractivity contribution in [1.82, 2.24) is 5.32 Å². The predicted molar refractivity (Wildman–Crippen MR) is 93.5 cm³/mol. The molecular weight excluding hydrogens is 324 g/mol. The van der Waals surface area contributed by atoms with Crippen LogP contribution in [0.15, 0.2) is 42.5 Å². The van der Waals surface area contributed by atoms with Crippen LogP contribution < -0.4 is 24.8 Å². The van der Waals surface area contributed by atoms with Gasteiger partial charge in [-0.05, 0) is 30.3 Å². The largest absolute Gasteiger partial charge is 0.495 e. The third kappa shape index (κ3) is 4.63. The third-order valence-corrected chi connectivity index (χ3v) is 3.39. The third-order valence-electron chi connectivity index (χ3n) is 3.39. The van der Waals surface area contributed by atoms with E-state index in [0.29, 0.717) is 28.5 Å². The van der Waals surface area contributed by atoms with Gasteiger partial charge in [-0.15, -0.1) is 0 Å². The maximum absolute atomic E-state index is 12.1. The van der Waals surface area contributed by atoms with Crippen molar-refractivity contribution >= 4 is 17.5 Å². The van der Waals surface area contributed by atoms with E-state index in [-0.39, 0.29) is 18.4 Å². The second kappa shape index (κ2) is 8.58. The van der Waals surface area contributed by atoms with Crippen LogP contribution in [0.3, 0.4) is 0 Å². The lowest BCUT2D eigenvalue weighted by molar-refractivity contribution is -0.118. The number of para-hydroxylation sites is 2. The maximum atomic E-state index is 12.1. The molecule has 2 N–H and O–H groups in total. The van der Waals surface area contributed by atoms with E-state index in [1.165, 1.54) is 14.2 Å². The maximum Gasteiger partial charge on any atom is 0.262 e. The Balaban J connectivity index is 2.03. The number of methoxy groups -OCH3 is 2. The molecule has 0 heterocycles. The van der Waals surface area contributed by atoms with E-state index in [0.717, 1.165) is 0 Å². The van der Waals surface area contributed by atoms with Crippen LogP contribution in [0, 0.1) is 0 Å². The van der Waals surface area contributed by atoms with Crippen LogP contribution in [0.1, 0.15) is 10.4 Å². The molecule has 0 aliphatic rings. The fraction of sp³-hybridized carbons (Fsp3) is 0.222. The van der Waals surface area contributed by atoms with Crippen molar-refractivity contribution in [3.63, 3.8) is 0 Å². The highest BCUT2D eigenvalue weighted by Crippen LogP contribution is 2.27. The summed E-state index contributed by atoms with van der Waals surface area (Å²) in [4.78, 5) is 23.8. The Morgan fingerprint density at radius 3 is 2.28 bits per heavy atom. The molecule has 0 aliphatic heterocycles. The van der Waals surface area contributed by atoms with Crippen molar-refractivity contribution in [1.29, 1.82) is 0 Å². The molecular formula is C18H20N2O5. The number of benzene rings is 2. The Morgan fingerprint density at radius 2 is 1.64 bits per heavy atom. The molecule has 132 valence electrons. The van der Waals surface area contributed by atoms with Crippen LogP contribution in [0.4, 0.5) is 5.69 Å². The summed E-state index contributed by atoms with van der Waals surface area (Å²) in [5.74, 6) is 0.796. The first kappa shape index (κ1) is 18.1. The normalized spacial score (nSPS) is 9.88. The molecule has 2 aromatic carbocycles. The van der Waals surface area contributed by atoms with Crippen molar-refractivity contribution in [3.8, 4) is 17.2 Å². The van der Waals surface area contributed by atoms with Gasteiger partial charge in [0, 0.05) is 12.6 Å². The zero-order valence-electron chi connectivity index (χ0n) is 14.3. The topological polar surface area (TPSA) is 85.9 Å². The fourth-order valence-corrected chi connectivity index (χ4v) is 2.15. The predicted octanol–water partition coefficient (Wildman–Crippen LogP) is 2.08. The summed E-state index contributed by atoms with van der Waals surface area (Å²) in [6.45, 7) is -0.194. The number of rotatable bonds is 7. The van der Waals surface area contributed by atoms with Crippen LogP contribution in [0.2, 0.25) is 0 Å². The Bertz CT molecular complexity index is 761. The van der Waals surface area contributed by atoms with Crippen molar-refractivity contribution in [2.75, 3.05) is 33.2 Å². The molecule has 0 saturated heterocycles. The Hall–Kier alpha value is -3.22. The Morgan fingerprint density at radius 1 is 0.960 bits per heavy atom. The van der Waals surface area contributed by atoms with E-state index in [4.69, 9.17) is 14.2 Å². The van der Waals surface area contributed by atoms with Gasteiger partial charge in [0.25, 0.3) is 11.8 Å². The van der Waals surface area contributed by atoms with Gasteiger partial charge in [0.05, 0.1) is 19.9 Å². The van der Waals surface area contributed by atoms with E-state index >= 15 is 0 Å². The van der Waals surface area contributed by atoms with E-state index in [9.17, 15) is 9.59 Å². The summed E-state index contributed by atoms with van der Waals surface area (Å²) in [6.07, 6.45) is 0. The molecule has 2 aromatic rings. The molecule has 0 unspecified atom stereocenters. The summed E-state index contributed by atoms with van der Waals surface area (Å²) < 4.78 is 15.9. The van der Waals surface area contributed by atoms with E-state index < -0.39 is 0 Å². The van der Waals surface area contributed by atoms with E-state index in [1.807, 2.05) is 6.07 Å². The standard InChI is InChI=1S/C18H20N2O5/c1-19-18(22)12-8-9-13(16(10-12)24-3)20-17(21)11-25-15-7-5-4-6-14(15)23-2/h4-10H,11H2,1-3H3,(H,19,22)(H,20,21). The van der Waals surface area contributed by atoms with Crippen LogP contribution in [0.25, 0.3) is 0 Å². The van der Waals surface area contributed by atoms with Crippen LogP contribution in [-0.2, 0) is 4.79 Å². The van der Waals surface area contributed by atoms with Crippen molar-refractivity contribution in [2.24, 2.45) is 0 Å². The number of hydrogen-bond donors (Lipinski definition) is 2. The average Bonchev–Trinajstić information content (AvgIpc) is 2.66. The van der Waals surface area contributed by atoms with Gasteiger partial charge in [-0.25, -0.2) is 0 Å². The van der Waals surface area contributed by atoms with Gasteiger partial charge in [0.15, 0.2) is 18.1 Å². The summed E-state index contributed by atoms with van der Waals surface area (Å²) in [7, 11) is 4.53. The Labute approximate surface area is 145 Å². The monoisotopic (exact) mass is 344 g/mol. The van der Waals surface area contributed by atoms with Gasteiger partial charge in [-0.2, -0.15) is 0 Å². The quantitative estimate of drug-likeness (QED) is 0.803. The second-order valence-electron chi connectivity index (χ2n) is 4.98. The van der Waals surface area contributed by atoms with Gasteiger partial charge in [0.2, 0.25) is 0 Å². The molecule has 0 radical (unpaired) electrons.